The molecule has 15 heavy (non-hydrogen) atoms. The molecule has 1 aromatic carbocycles. The van der Waals surface area contributed by atoms with Crippen molar-refractivity contribution >= 4 is 5.91 Å². The van der Waals surface area contributed by atoms with Crippen LogP contribution in [0.4, 0.5) is 0 Å². The first-order valence-corrected chi connectivity index (χ1v) is 4.75. The standard InChI is InChI=1S/C11H16N2O2/c1-11(2,10(14)13-12)8-15-9-6-4-3-5-7-9/h3-7H,8,12H2,1-2H3,(H,13,14). The van der Waals surface area contributed by atoms with E-state index in [9.17, 15) is 4.79 Å². The van der Waals surface area contributed by atoms with E-state index in [0.29, 0.717) is 6.61 Å². The Kier molecular flexibility index (Phi) is 3.68. The van der Waals surface area contributed by atoms with Gasteiger partial charge >= 0.3 is 0 Å². The number of nitrogens with two attached hydrogens (primary N) is 1. The van der Waals surface area contributed by atoms with Crippen molar-refractivity contribution in [3.8, 4) is 5.75 Å². The van der Waals surface area contributed by atoms with E-state index in [4.69, 9.17) is 10.6 Å². The molecule has 0 saturated carbocycles. The summed E-state index contributed by atoms with van der Waals surface area (Å²) >= 11 is 0. The van der Waals surface area contributed by atoms with Gasteiger partial charge in [-0.1, -0.05) is 18.2 Å². The number of ether oxygens (including phenoxy) is 1. The minimum Gasteiger partial charge on any atom is -0.492 e. The molecule has 82 valence electrons. The molecule has 1 aromatic rings. The Hall–Kier alpha value is -1.55. The third-order valence-electron chi connectivity index (χ3n) is 2.09. The summed E-state index contributed by atoms with van der Waals surface area (Å²) in [7, 11) is 0. The molecule has 3 N–H and O–H groups in total. The second-order valence-electron chi connectivity index (χ2n) is 3.96. The van der Waals surface area contributed by atoms with Gasteiger partial charge in [-0.3, -0.25) is 10.2 Å². The van der Waals surface area contributed by atoms with Gasteiger partial charge in [0.05, 0.1) is 5.41 Å². The molecule has 4 nitrogen and oxygen atoms in total. The second-order valence-corrected chi connectivity index (χ2v) is 3.96. The molecule has 0 heterocycles. The average Bonchev–Trinajstić information content (AvgIpc) is 2.27. The van der Waals surface area contributed by atoms with E-state index in [1.54, 1.807) is 13.8 Å². The quantitative estimate of drug-likeness (QED) is 0.442. The molecular formula is C11H16N2O2. The zero-order valence-electron chi connectivity index (χ0n) is 8.99. The van der Waals surface area contributed by atoms with E-state index in [0.717, 1.165) is 5.75 Å². The summed E-state index contributed by atoms with van der Waals surface area (Å²) < 4.78 is 5.48. The van der Waals surface area contributed by atoms with E-state index < -0.39 is 5.41 Å². The number of hydrogen-bond acceptors (Lipinski definition) is 3. The minimum absolute atomic E-state index is 0.238. The monoisotopic (exact) mass is 208 g/mol. The van der Waals surface area contributed by atoms with Gasteiger partial charge in [0.15, 0.2) is 0 Å². The highest BCUT2D eigenvalue weighted by molar-refractivity contribution is 5.81. The molecule has 1 amide bonds. The average molecular weight is 208 g/mol. The van der Waals surface area contributed by atoms with Crippen molar-refractivity contribution in [3.05, 3.63) is 30.3 Å². The Morgan fingerprint density at radius 1 is 1.40 bits per heavy atom. The molecule has 0 aliphatic rings. The normalized spacial score (nSPS) is 10.9. The topological polar surface area (TPSA) is 64.3 Å². The molecule has 0 saturated heterocycles. The zero-order valence-corrected chi connectivity index (χ0v) is 8.99. The maximum absolute atomic E-state index is 11.3. The van der Waals surface area contributed by atoms with Crippen LogP contribution in [0.25, 0.3) is 0 Å². The Morgan fingerprint density at radius 3 is 2.53 bits per heavy atom. The molecule has 0 unspecified atom stereocenters. The third-order valence-corrected chi connectivity index (χ3v) is 2.09. The number of hydrogen-bond donors (Lipinski definition) is 2. The summed E-state index contributed by atoms with van der Waals surface area (Å²) in [6, 6.07) is 9.36. The van der Waals surface area contributed by atoms with Gasteiger partial charge in [0, 0.05) is 0 Å². The van der Waals surface area contributed by atoms with Gasteiger partial charge in [-0.15, -0.1) is 0 Å². The molecule has 0 aliphatic carbocycles. The predicted molar refractivity (Wildman–Crippen MR) is 58.0 cm³/mol. The highest BCUT2D eigenvalue weighted by Gasteiger charge is 2.27. The highest BCUT2D eigenvalue weighted by atomic mass is 16.5. The lowest BCUT2D eigenvalue weighted by molar-refractivity contribution is -0.130. The van der Waals surface area contributed by atoms with Crippen LogP contribution in [0.2, 0.25) is 0 Å². The molecule has 0 spiro atoms. The van der Waals surface area contributed by atoms with Gasteiger partial charge in [-0.25, -0.2) is 5.84 Å². The summed E-state index contributed by atoms with van der Waals surface area (Å²) in [4.78, 5) is 11.3. The molecule has 0 atom stereocenters. The first-order valence-electron chi connectivity index (χ1n) is 4.75. The summed E-state index contributed by atoms with van der Waals surface area (Å²) in [6.45, 7) is 3.84. The summed E-state index contributed by atoms with van der Waals surface area (Å²) in [5.74, 6) is 5.58. The van der Waals surface area contributed by atoms with Crippen LogP contribution in [0.3, 0.4) is 0 Å². The van der Waals surface area contributed by atoms with Crippen molar-refractivity contribution in [3.63, 3.8) is 0 Å². The van der Waals surface area contributed by atoms with Crippen LogP contribution >= 0.6 is 0 Å². The molecular weight excluding hydrogens is 192 g/mol. The van der Waals surface area contributed by atoms with Crippen LogP contribution in [-0.4, -0.2) is 12.5 Å². The van der Waals surface area contributed by atoms with Crippen LogP contribution in [0, 0.1) is 5.41 Å². The molecule has 0 fully saturated rings. The molecule has 0 radical (unpaired) electrons. The lowest BCUT2D eigenvalue weighted by Gasteiger charge is -2.22. The maximum Gasteiger partial charge on any atom is 0.242 e. The van der Waals surface area contributed by atoms with E-state index in [1.807, 2.05) is 30.3 Å². The van der Waals surface area contributed by atoms with Gasteiger partial charge in [0.2, 0.25) is 5.91 Å². The fourth-order valence-electron chi connectivity index (χ4n) is 1.04. The van der Waals surface area contributed by atoms with E-state index in [-0.39, 0.29) is 5.91 Å². The van der Waals surface area contributed by atoms with Crippen LogP contribution in [0.1, 0.15) is 13.8 Å². The summed E-state index contributed by atoms with van der Waals surface area (Å²) in [5.41, 5.74) is 1.49. The fraction of sp³-hybridized carbons (Fsp3) is 0.364. The van der Waals surface area contributed by atoms with E-state index in [1.165, 1.54) is 0 Å². The number of hydrazine groups is 1. The van der Waals surface area contributed by atoms with Crippen molar-refractivity contribution in [2.24, 2.45) is 11.3 Å². The Bertz CT molecular complexity index is 323. The van der Waals surface area contributed by atoms with Crippen LogP contribution in [0.15, 0.2) is 30.3 Å². The first kappa shape index (κ1) is 11.5. The Labute approximate surface area is 89.4 Å². The van der Waals surface area contributed by atoms with Crippen molar-refractivity contribution in [1.82, 2.24) is 5.43 Å². The summed E-state index contributed by atoms with van der Waals surface area (Å²) in [5, 5.41) is 0. The van der Waals surface area contributed by atoms with Crippen molar-refractivity contribution in [2.45, 2.75) is 13.8 Å². The van der Waals surface area contributed by atoms with Gasteiger partial charge in [0.1, 0.15) is 12.4 Å². The molecule has 0 aliphatic heterocycles. The number of nitrogens with one attached hydrogen (secondary N) is 1. The number of rotatable bonds is 4. The van der Waals surface area contributed by atoms with Gasteiger partial charge in [-0.2, -0.15) is 0 Å². The smallest absolute Gasteiger partial charge is 0.242 e. The van der Waals surface area contributed by atoms with Crippen LogP contribution < -0.4 is 16.0 Å². The maximum atomic E-state index is 11.3. The van der Waals surface area contributed by atoms with Gasteiger partial charge in [-0.05, 0) is 26.0 Å². The van der Waals surface area contributed by atoms with Crippen molar-refractivity contribution < 1.29 is 9.53 Å². The van der Waals surface area contributed by atoms with E-state index in [2.05, 4.69) is 5.43 Å². The third kappa shape index (κ3) is 3.25. The fourth-order valence-corrected chi connectivity index (χ4v) is 1.04. The second kappa shape index (κ2) is 4.79. The lowest BCUT2D eigenvalue weighted by atomic mass is 9.94. The number of amides is 1. The van der Waals surface area contributed by atoms with Crippen molar-refractivity contribution in [2.75, 3.05) is 6.61 Å². The number of para-hydroxylation sites is 1. The minimum atomic E-state index is -0.634. The Morgan fingerprint density at radius 2 is 2.00 bits per heavy atom. The largest absolute Gasteiger partial charge is 0.492 e. The first-order chi connectivity index (χ1) is 7.06. The van der Waals surface area contributed by atoms with Gasteiger partial charge < -0.3 is 4.74 Å². The van der Waals surface area contributed by atoms with Gasteiger partial charge in [0.25, 0.3) is 0 Å². The number of carbonyl (C=O) groups excluding carboxylic acids is 1. The predicted octanol–water partition coefficient (Wildman–Crippen LogP) is 1.08. The molecule has 1 rings (SSSR count). The molecule has 0 bridgehead atoms. The highest BCUT2D eigenvalue weighted by Crippen LogP contribution is 2.18. The Balaban J connectivity index is 2.53. The van der Waals surface area contributed by atoms with Crippen molar-refractivity contribution in [1.29, 1.82) is 0 Å². The summed E-state index contributed by atoms with van der Waals surface area (Å²) in [6.07, 6.45) is 0. The zero-order chi connectivity index (χ0) is 11.3. The van der Waals surface area contributed by atoms with Crippen LogP contribution in [-0.2, 0) is 4.79 Å². The number of carbonyl (C=O) groups is 1. The SMILES string of the molecule is CC(C)(COc1ccccc1)C(=O)NN. The van der Waals surface area contributed by atoms with Crippen LogP contribution in [0.5, 0.6) is 5.75 Å². The molecule has 0 aromatic heterocycles. The molecule has 4 heteroatoms. The lowest BCUT2D eigenvalue weighted by Crippen LogP contribution is -2.44. The van der Waals surface area contributed by atoms with E-state index >= 15 is 0 Å². The number of benzene rings is 1.